The quantitative estimate of drug-likeness (QED) is 0.824. The predicted octanol–water partition coefficient (Wildman–Crippen LogP) is 1.73. The van der Waals surface area contributed by atoms with Crippen molar-refractivity contribution in [3.63, 3.8) is 0 Å². The predicted molar refractivity (Wildman–Crippen MR) is 81.2 cm³/mol. The van der Waals surface area contributed by atoms with E-state index in [9.17, 15) is 10.1 Å². The van der Waals surface area contributed by atoms with Gasteiger partial charge in [0.05, 0.1) is 19.3 Å². The van der Waals surface area contributed by atoms with Gasteiger partial charge in [0.15, 0.2) is 0 Å². The number of methoxy groups -OCH3 is 2. The Morgan fingerprint density at radius 1 is 1.36 bits per heavy atom. The number of ether oxygens (including phenoxy) is 2. The van der Waals surface area contributed by atoms with Gasteiger partial charge in [0.1, 0.15) is 17.5 Å². The van der Waals surface area contributed by atoms with Crippen LogP contribution in [0.4, 0.5) is 0 Å². The molecule has 1 amide bonds. The third-order valence-electron chi connectivity index (χ3n) is 3.15. The zero-order valence-corrected chi connectivity index (χ0v) is 12.5. The standard InChI is InChI=1S/C16H17N3O3/c1-21-9-7-18-16(20)15-12(11-17)6-8-19(15)13-4-3-5-14(10-13)22-2/h3-6,8,10H,7,9H2,1-2H3,(H,18,20). The summed E-state index contributed by atoms with van der Waals surface area (Å²) in [5.74, 6) is 0.358. The molecule has 0 radical (unpaired) electrons. The molecule has 1 aromatic carbocycles. The van der Waals surface area contributed by atoms with Gasteiger partial charge in [0, 0.05) is 31.6 Å². The fraction of sp³-hybridized carbons (Fsp3) is 0.250. The minimum Gasteiger partial charge on any atom is -0.497 e. The van der Waals surface area contributed by atoms with Crippen molar-refractivity contribution in [2.75, 3.05) is 27.4 Å². The first-order valence-electron chi connectivity index (χ1n) is 6.74. The van der Waals surface area contributed by atoms with E-state index in [0.717, 1.165) is 5.69 Å². The van der Waals surface area contributed by atoms with Crippen LogP contribution in [0.1, 0.15) is 16.1 Å². The number of hydrogen-bond acceptors (Lipinski definition) is 4. The molecule has 1 aromatic heterocycles. The Morgan fingerprint density at radius 3 is 2.86 bits per heavy atom. The van der Waals surface area contributed by atoms with E-state index in [1.165, 1.54) is 0 Å². The molecule has 0 bridgehead atoms. The van der Waals surface area contributed by atoms with Gasteiger partial charge >= 0.3 is 0 Å². The first-order valence-corrected chi connectivity index (χ1v) is 6.74. The van der Waals surface area contributed by atoms with E-state index in [-0.39, 0.29) is 5.91 Å². The summed E-state index contributed by atoms with van der Waals surface area (Å²) in [6, 6.07) is 10.9. The van der Waals surface area contributed by atoms with E-state index in [2.05, 4.69) is 5.32 Å². The summed E-state index contributed by atoms with van der Waals surface area (Å²) < 4.78 is 11.8. The van der Waals surface area contributed by atoms with Crippen LogP contribution in [0, 0.1) is 11.3 Å². The summed E-state index contributed by atoms with van der Waals surface area (Å²) in [6.07, 6.45) is 1.69. The highest BCUT2D eigenvalue weighted by Crippen LogP contribution is 2.21. The molecule has 0 fully saturated rings. The minimum absolute atomic E-state index is 0.298. The number of rotatable bonds is 6. The van der Waals surface area contributed by atoms with Crippen LogP contribution >= 0.6 is 0 Å². The van der Waals surface area contributed by atoms with Gasteiger partial charge in [0.25, 0.3) is 5.91 Å². The molecule has 22 heavy (non-hydrogen) atoms. The van der Waals surface area contributed by atoms with Crippen LogP contribution in [0.25, 0.3) is 5.69 Å². The molecule has 0 atom stereocenters. The molecule has 2 rings (SSSR count). The number of carbonyl (C=O) groups excluding carboxylic acids is 1. The summed E-state index contributed by atoms with van der Waals surface area (Å²) in [5.41, 5.74) is 1.36. The SMILES string of the molecule is COCCNC(=O)c1c(C#N)ccn1-c1cccc(OC)c1. The molecule has 0 saturated heterocycles. The number of nitriles is 1. The van der Waals surface area contributed by atoms with E-state index in [1.54, 1.807) is 37.1 Å². The van der Waals surface area contributed by atoms with Gasteiger partial charge in [0.2, 0.25) is 0 Å². The smallest absolute Gasteiger partial charge is 0.269 e. The third-order valence-corrected chi connectivity index (χ3v) is 3.15. The van der Waals surface area contributed by atoms with E-state index in [4.69, 9.17) is 9.47 Å². The molecular formula is C16H17N3O3. The zero-order valence-electron chi connectivity index (χ0n) is 12.5. The maximum atomic E-state index is 12.3. The number of nitrogens with one attached hydrogen (secondary N) is 1. The molecule has 0 unspecified atom stereocenters. The Labute approximate surface area is 128 Å². The Balaban J connectivity index is 2.38. The molecule has 0 saturated carbocycles. The lowest BCUT2D eigenvalue weighted by molar-refractivity contribution is 0.0930. The number of nitrogens with zero attached hydrogens (tertiary/aromatic N) is 2. The van der Waals surface area contributed by atoms with Crippen LogP contribution in [0.15, 0.2) is 36.5 Å². The molecule has 0 aliphatic rings. The van der Waals surface area contributed by atoms with Crippen molar-refractivity contribution >= 4 is 5.91 Å². The fourth-order valence-electron chi connectivity index (χ4n) is 2.08. The highest BCUT2D eigenvalue weighted by Gasteiger charge is 2.18. The van der Waals surface area contributed by atoms with E-state index < -0.39 is 0 Å². The van der Waals surface area contributed by atoms with Crippen LogP contribution in [-0.2, 0) is 4.74 Å². The number of benzene rings is 1. The summed E-state index contributed by atoms with van der Waals surface area (Å²) >= 11 is 0. The molecule has 2 aromatic rings. The van der Waals surface area contributed by atoms with Crippen LogP contribution in [0.2, 0.25) is 0 Å². The number of hydrogen-bond donors (Lipinski definition) is 1. The maximum Gasteiger partial charge on any atom is 0.269 e. The number of amides is 1. The van der Waals surface area contributed by atoms with Crippen molar-refractivity contribution < 1.29 is 14.3 Å². The fourth-order valence-corrected chi connectivity index (χ4v) is 2.08. The first-order chi connectivity index (χ1) is 10.7. The molecule has 6 nitrogen and oxygen atoms in total. The number of aromatic nitrogens is 1. The monoisotopic (exact) mass is 299 g/mol. The summed E-state index contributed by atoms with van der Waals surface area (Å²) in [6.45, 7) is 0.789. The summed E-state index contributed by atoms with van der Waals surface area (Å²) in [5, 5.41) is 11.9. The molecule has 1 heterocycles. The first kappa shape index (κ1) is 15.6. The van der Waals surface area contributed by atoms with Crippen molar-refractivity contribution in [1.29, 1.82) is 5.26 Å². The van der Waals surface area contributed by atoms with Crippen LogP contribution in [0.3, 0.4) is 0 Å². The highest BCUT2D eigenvalue weighted by molar-refractivity contribution is 5.95. The Morgan fingerprint density at radius 2 is 2.18 bits per heavy atom. The second kappa shape index (κ2) is 7.29. The average molecular weight is 299 g/mol. The Kier molecular flexibility index (Phi) is 5.17. The normalized spacial score (nSPS) is 10.0. The Bertz CT molecular complexity index is 701. The Hall–Kier alpha value is -2.78. The van der Waals surface area contributed by atoms with Gasteiger partial charge in [-0.05, 0) is 18.2 Å². The van der Waals surface area contributed by atoms with Gasteiger partial charge < -0.3 is 19.4 Å². The molecule has 114 valence electrons. The van der Waals surface area contributed by atoms with Gasteiger partial charge in [-0.2, -0.15) is 5.26 Å². The minimum atomic E-state index is -0.318. The maximum absolute atomic E-state index is 12.3. The van der Waals surface area contributed by atoms with Gasteiger partial charge in [-0.15, -0.1) is 0 Å². The zero-order chi connectivity index (χ0) is 15.9. The van der Waals surface area contributed by atoms with E-state index in [1.807, 2.05) is 24.3 Å². The number of carbonyl (C=O) groups is 1. The average Bonchev–Trinajstić information content (AvgIpc) is 2.99. The second-order valence-electron chi connectivity index (χ2n) is 4.51. The van der Waals surface area contributed by atoms with Crippen LogP contribution in [0.5, 0.6) is 5.75 Å². The van der Waals surface area contributed by atoms with Crippen LogP contribution < -0.4 is 10.1 Å². The topological polar surface area (TPSA) is 76.3 Å². The van der Waals surface area contributed by atoms with Gasteiger partial charge in [-0.3, -0.25) is 4.79 Å². The highest BCUT2D eigenvalue weighted by atomic mass is 16.5. The van der Waals surface area contributed by atoms with E-state index in [0.29, 0.717) is 30.2 Å². The van der Waals surface area contributed by atoms with Crippen molar-refractivity contribution in [3.8, 4) is 17.5 Å². The second-order valence-corrected chi connectivity index (χ2v) is 4.51. The van der Waals surface area contributed by atoms with Crippen molar-refractivity contribution in [1.82, 2.24) is 9.88 Å². The molecule has 0 aliphatic heterocycles. The van der Waals surface area contributed by atoms with Crippen molar-refractivity contribution in [2.45, 2.75) is 0 Å². The third kappa shape index (κ3) is 3.27. The van der Waals surface area contributed by atoms with Crippen molar-refractivity contribution in [2.24, 2.45) is 0 Å². The van der Waals surface area contributed by atoms with Crippen LogP contribution in [-0.4, -0.2) is 37.8 Å². The summed E-state index contributed by atoms with van der Waals surface area (Å²) in [4.78, 5) is 12.3. The molecule has 0 aliphatic carbocycles. The lowest BCUT2D eigenvalue weighted by Crippen LogP contribution is -2.29. The molecule has 6 heteroatoms. The molecule has 1 N–H and O–H groups in total. The van der Waals surface area contributed by atoms with Crippen molar-refractivity contribution in [3.05, 3.63) is 47.8 Å². The summed E-state index contributed by atoms with van der Waals surface area (Å²) in [7, 11) is 3.14. The molecular weight excluding hydrogens is 282 g/mol. The molecule has 0 spiro atoms. The lowest BCUT2D eigenvalue weighted by atomic mass is 10.2. The van der Waals surface area contributed by atoms with Gasteiger partial charge in [-0.25, -0.2) is 0 Å². The van der Waals surface area contributed by atoms with Gasteiger partial charge in [-0.1, -0.05) is 6.07 Å². The van der Waals surface area contributed by atoms with E-state index >= 15 is 0 Å². The lowest BCUT2D eigenvalue weighted by Gasteiger charge is -2.11. The largest absolute Gasteiger partial charge is 0.497 e.